The fourth-order valence-electron chi connectivity index (χ4n) is 2.19. The molecule has 1 unspecified atom stereocenters. The monoisotopic (exact) mass is 360 g/mol. The number of aliphatic hydroxyl groups excluding tert-OH is 10. The minimum atomic E-state index is -1.57. The lowest BCUT2D eigenvalue weighted by Crippen LogP contribution is -2.58. The summed E-state index contributed by atoms with van der Waals surface area (Å²) < 4.78 is 9.16. The van der Waals surface area contributed by atoms with Crippen LogP contribution in [0.3, 0.4) is 0 Å². The van der Waals surface area contributed by atoms with Crippen LogP contribution >= 0.6 is 0 Å². The Morgan fingerprint density at radius 3 is 1.58 bits per heavy atom. The molecule has 2 heterocycles. The van der Waals surface area contributed by atoms with Gasteiger partial charge >= 0.3 is 0 Å². The predicted molar refractivity (Wildman–Crippen MR) is 72.0 cm³/mol. The van der Waals surface area contributed by atoms with Crippen LogP contribution in [0.1, 0.15) is 0 Å². The van der Waals surface area contributed by atoms with Crippen molar-refractivity contribution in [1.29, 1.82) is 0 Å². The maximum Gasteiger partial charge on any atom is 0.184 e. The molecule has 0 aliphatic carbocycles. The predicted octanol–water partition coefficient (Wildman–Crippen LogP) is -6.44. The number of aliphatic hydroxyl groups is 10. The molecule has 12 heteroatoms. The van der Waals surface area contributed by atoms with E-state index in [4.69, 9.17) is 51.1 Å². The quantitative estimate of drug-likeness (QED) is 0.227. The molecule has 2 rings (SSSR count). The molecule has 144 valence electrons. The molecule has 2 aliphatic rings. The summed E-state index contributed by atoms with van der Waals surface area (Å²) in [7, 11) is 0. The molecule has 2 fully saturated rings. The third kappa shape index (κ3) is 4.78. The molecule has 0 spiro atoms. The van der Waals surface area contributed by atoms with E-state index >= 15 is 0 Å². The summed E-state index contributed by atoms with van der Waals surface area (Å²) in [6.45, 7) is -1.12. The van der Waals surface area contributed by atoms with E-state index in [2.05, 4.69) is 9.47 Å². The zero-order valence-electron chi connectivity index (χ0n) is 12.5. The van der Waals surface area contributed by atoms with Gasteiger partial charge in [-0.1, -0.05) is 0 Å². The summed E-state index contributed by atoms with van der Waals surface area (Å²) in [6, 6.07) is 0. The van der Waals surface area contributed by atoms with Crippen LogP contribution < -0.4 is 0 Å². The van der Waals surface area contributed by atoms with Crippen LogP contribution in [0.15, 0.2) is 0 Å². The molecule has 24 heavy (non-hydrogen) atoms. The zero-order valence-corrected chi connectivity index (χ0v) is 12.5. The van der Waals surface area contributed by atoms with Gasteiger partial charge in [0.1, 0.15) is 48.8 Å². The molecule has 12 nitrogen and oxygen atoms in total. The highest BCUT2D eigenvalue weighted by Gasteiger charge is 2.45. The van der Waals surface area contributed by atoms with Gasteiger partial charge in [0.05, 0.1) is 13.2 Å². The first-order valence-electron chi connectivity index (χ1n) is 7.12. The van der Waals surface area contributed by atoms with Crippen molar-refractivity contribution in [2.45, 2.75) is 61.4 Å². The van der Waals surface area contributed by atoms with Gasteiger partial charge in [0.15, 0.2) is 12.6 Å². The van der Waals surface area contributed by atoms with Gasteiger partial charge in [-0.05, 0) is 0 Å². The second-order valence-electron chi connectivity index (χ2n) is 5.44. The molecule has 0 amide bonds. The van der Waals surface area contributed by atoms with Crippen molar-refractivity contribution in [3.05, 3.63) is 0 Å². The first kappa shape index (κ1) is 21.6. The summed E-state index contributed by atoms with van der Waals surface area (Å²) >= 11 is 0. The van der Waals surface area contributed by atoms with Gasteiger partial charge in [0.2, 0.25) is 0 Å². The highest BCUT2D eigenvalue weighted by atomic mass is 16.7. The van der Waals surface area contributed by atoms with E-state index < -0.39 is 74.6 Å². The van der Waals surface area contributed by atoms with Crippen molar-refractivity contribution in [1.82, 2.24) is 0 Å². The Balaban J connectivity index is 0.000000240. The summed E-state index contributed by atoms with van der Waals surface area (Å²) in [5.74, 6) is 0. The highest BCUT2D eigenvalue weighted by Crippen LogP contribution is 2.22. The van der Waals surface area contributed by atoms with E-state index in [1.165, 1.54) is 0 Å². The molecule has 2 aliphatic heterocycles. The van der Waals surface area contributed by atoms with Crippen LogP contribution in [-0.2, 0) is 9.47 Å². The van der Waals surface area contributed by atoms with Gasteiger partial charge < -0.3 is 60.5 Å². The normalized spacial score (nSPS) is 47.0. The van der Waals surface area contributed by atoms with Crippen molar-refractivity contribution in [2.75, 3.05) is 13.2 Å². The molecule has 10 N–H and O–H groups in total. The lowest BCUT2D eigenvalue weighted by Gasteiger charge is -2.37. The van der Waals surface area contributed by atoms with Crippen molar-refractivity contribution in [2.24, 2.45) is 0 Å². The standard InChI is InChI=1S/2C6H12O6/c7-1-2(8)5-3(9)4(10)6(11)12-5;7-1-2-3(8)4(9)5(10)6(11)12-2/h2*2-11H,1H2/t2-,3-,4-,5+,6-;2-,3-,4+,5-,6?/m11/s1. The van der Waals surface area contributed by atoms with Crippen molar-refractivity contribution in [3.8, 4) is 0 Å². The van der Waals surface area contributed by atoms with Gasteiger partial charge in [-0.25, -0.2) is 0 Å². The summed E-state index contributed by atoms with van der Waals surface area (Å²) in [5, 5.41) is 89.1. The minimum Gasteiger partial charge on any atom is -0.394 e. The fourth-order valence-corrected chi connectivity index (χ4v) is 2.19. The fraction of sp³-hybridized carbons (Fsp3) is 1.00. The number of ether oxygens (including phenoxy) is 2. The smallest absolute Gasteiger partial charge is 0.184 e. The van der Waals surface area contributed by atoms with Crippen LogP contribution in [0.5, 0.6) is 0 Å². The Kier molecular flexibility index (Phi) is 8.34. The van der Waals surface area contributed by atoms with Crippen LogP contribution in [0.4, 0.5) is 0 Å². The Morgan fingerprint density at radius 2 is 1.17 bits per heavy atom. The van der Waals surface area contributed by atoms with Crippen LogP contribution in [-0.4, -0.2) is 126 Å². The number of rotatable bonds is 3. The second-order valence-corrected chi connectivity index (χ2v) is 5.44. The van der Waals surface area contributed by atoms with Crippen LogP contribution in [0.25, 0.3) is 0 Å². The Morgan fingerprint density at radius 1 is 0.667 bits per heavy atom. The molecular formula is C12H24O12. The Bertz CT molecular complexity index is 365. The third-order valence-corrected chi connectivity index (χ3v) is 3.71. The van der Waals surface area contributed by atoms with Crippen molar-refractivity contribution in [3.63, 3.8) is 0 Å². The maximum absolute atomic E-state index is 9.12. The van der Waals surface area contributed by atoms with Gasteiger partial charge in [-0.3, -0.25) is 0 Å². The van der Waals surface area contributed by atoms with Gasteiger partial charge in [0.25, 0.3) is 0 Å². The SMILES string of the molecule is OC[C@@H](O)[C@@H]1O[C@@H](O)[C@H](O)[C@H]1O.OC[C@H]1OC(O)[C@H](O)[C@@H](O)[C@@H]1O. The summed E-state index contributed by atoms with van der Waals surface area (Å²) in [4.78, 5) is 0. The van der Waals surface area contributed by atoms with E-state index in [1.807, 2.05) is 0 Å². The maximum atomic E-state index is 9.12. The van der Waals surface area contributed by atoms with Gasteiger partial charge in [-0.15, -0.1) is 0 Å². The van der Waals surface area contributed by atoms with E-state index in [0.29, 0.717) is 0 Å². The molecule has 0 aromatic carbocycles. The lowest BCUT2D eigenvalue weighted by atomic mass is 10.00. The summed E-state index contributed by atoms with van der Waals surface area (Å²) in [5.41, 5.74) is 0. The first-order valence-corrected chi connectivity index (χ1v) is 7.12. The molecule has 0 radical (unpaired) electrons. The molecule has 0 bridgehead atoms. The summed E-state index contributed by atoms with van der Waals surface area (Å²) in [6.07, 6.45) is -13.8. The molecule has 2 saturated heterocycles. The third-order valence-electron chi connectivity index (χ3n) is 3.71. The van der Waals surface area contributed by atoms with Gasteiger partial charge in [-0.2, -0.15) is 0 Å². The Labute approximate surface area is 136 Å². The number of hydrogen-bond acceptors (Lipinski definition) is 12. The van der Waals surface area contributed by atoms with Crippen molar-refractivity contribution >= 4 is 0 Å². The molecular weight excluding hydrogens is 336 g/mol. The van der Waals surface area contributed by atoms with E-state index in [-0.39, 0.29) is 0 Å². The van der Waals surface area contributed by atoms with E-state index in [0.717, 1.165) is 0 Å². The largest absolute Gasteiger partial charge is 0.394 e. The van der Waals surface area contributed by atoms with Crippen LogP contribution in [0.2, 0.25) is 0 Å². The number of hydrogen-bond donors (Lipinski definition) is 10. The van der Waals surface area contributed by atoms with Crippen molar-refractivity contribution < 1.29 is 60.5 Å². The Hall–Kier alpha value is -0.480. The topological polar surface area (TPSA) is 221 Å². The zero-order chi connectivity index (χ0) is 18.6. The lowest BCUT2D eigenvalue weighted by molar-refractivity contribution is -0.286. The average molecular weight is 360 g/mol. The highest BCUT2D eigenvalue weighted by molar-refractivity contribution is 4.89. The molecule has 0 saturated carbocycles. The molecule has 0 aromatic heterocycles. The van der Waals surface area contributed by atoms with Crippen LogP contribution in [0, 0.1) is 0 Å². The molecule has 0 aromatic rings. The average Bonchev–Trinajstić information content (AvgIpc) is 2.83. The first-order chi connectivity index (χ1) is 11.1. The minimum absolute atomic E-state index is 0.526. The van der Waals surface area contributed by atoms with E-state index in [9.17, 15) is 0 Å². The van der Waals surface area contributed by atoms with E-state index in [1.54, 1.807) is 0 Å². The molecule has 10 atom stereocenters. The second kappa shape index (κ2) is 9.28. The van der Waals surface area contributed by atoms with Gasteiger partial charge in [0, 0.05) is 0 Å².